The fourth-order valence-electron chi connectivity index (χ4n) is 3.72. The van der Waals surface area contributed by atoms with E-state index in [0.717, 1.165) is 53.8 Å². The summed E-state index contributed by atoms with van der Waals surface area (Å²) in [5, 5.41) is 6.01. The Labute approximate surface area is 155 Å². The number of pyridine rings is 1. The molecule has 0 fully saturated rings. The molecule has 2 aromatic heterocycles. The van der Waals surface area contributed by atoms with E-state index in [1.54, 1.807) is 6.08 Å². The maximum absolute atomic E-state index is 6.33. The molecule has 2 nitrogen and oxygen atoms in total. The Kier molecular flexibility index (Phi) is 3.18. The topological polar surface area (TPSA) is 17.3 Å². The molecule has 3 heteroatoms. The number of hydrogen-bond acceptors (Lipinski definition) is 1. The first-order valence-corrected chi connectivity index (χ1v) is 8.79. The van der Waals surface area contributed by atoms with Crippen LogP contribution >= 0.6 is 11.6 Å². The largest absolute Gasteiger partial charge is 0.292 e. The highest BCUT2D eigenvalue weighted by Crippen LogP contribution is 2.32. The summed E-state index contributed by atoms with van der Waals surface area (Å²) in [6.07, 6.45) is 3.76. The average Bonchev–Trinajstić information content (AvgIpc) is 3.03. The fourth-order valence-corrected chi connectivity index (χ4v) is 3.89. The van der Waals surface area contributed by atoms with E-state index in [1.807, 2.05) is 36.4 Å². The highest BCUT2D eigenvalue weighted by atomic mass is 35.5. The van der Waals surface area contributed by atoms with Gasteiger partial charge < -0.3 is 0 Å². The smallest absolute Gasteiger partial charge is 0.146 e. The number of rotatable bonds is 1. The summed E-state index contributed by atoms with van der Waals surface area (Å²) in [6, 6.07) is 18.5. The summed E-state index contributed by atoms with van der Waals surface area (Å²) in [4.78, 5) is 4.90. The van der Waals surface area contributed by atoms with Crippen LogP contribution in [-0.2, 0) is 0 Å². The molecule has 0 spiro atoms. The first-order chi connectivity index (χ1) is 12.7. The minimum atomic E-state index is 0.718. The van der Waals surface area contributed by atoms with E-state index in [-0.39, 0.29) is 0 Å². The molecule has 5 rings (SSSR count). The second-order valence-electron chi connectivity index (χ2n) is 6.42. The monoisotopic (exact) mass is 354 g/mol. The Morgan fingerprint density at radius 3 is 2.62 bits per heavy atom. The van der Waals surface area contributed by atoms with Gasteiger partial charge in [-0.15, -0.1) is 0 Å². The SMILES string of the molecule is C=C/C=c1/cc2c3cc(Cl)ccc3n3c4ccccc4nc3c2cc1=C. The number of hydrogen-bond donors (Lipinski definition) is 0. The van der Waals surface area contributed by atoms with Crippen LogP contribution in [0.4, 0.5) is 0 Å². The van der Waals surface area contributed by atoms with Crippen molar-refractivity contribution in [2.75, 3.05) is 0 Å². The third-order valence-corrected chi connectivity index (χ3v) is 5.10. The van der Waals surface area contributed by atoms with Crippen LogP contribution < -0.4 is 10.4 Å². The van der Waals surface area contributed by atoms with Crippen molar-refractivity contribution in [1.29, 1.82) is 0 Å². The van der Waals surface area contributed by atoms with Crippen LogP contribution in [0.1, 0.15) is 0 Å². The van der Waals surface area contributed by atoms with Crippen molar-refractivity contribution in [3.63, 3.8) is 0 Å². The molecular formula is C23H15ClN2. The average molecular weight is 355 g/mol. The van der Waals surface area contributed by atoms with Gasteiger partial charge in [0.25, 0.3) is 0 Å². The van der Waals surface area contributed by atoms with E-state index in [9.17, 15) is 0 Å². The Balaban J connectivity index is 2.19. The Bertz CT molecular complexity index is 1480. The summed E-state index contributed by atoms with van der Waals surface area (Å²) >= 11 is 6.33. The molecule has 3 aromatic carbocycles. The maximum atomic E-state index is 6.33. The van der Waals surface area contributed by atoms with E-state index in [4.69, 9.17) is 16.6 Å². The Morgan fingerprint density at radius 1 is 0.923 bits per heavy atom. The minimum Gasteiger partial charge on any atom is -0.292 e. The molecule has 2 heterocycles. The van der Waals surface area contributed by atoms with Crippen LogP contribution in [0.25, 0.3) is 51.0 Å². The minimum absolute atomic E-state index is 0.718. The summed E-state index contributed by atoms with van der Waals surface area (Å²) in [6.45, 7) is 8.02. The van der Waals surface area contributed by atoms with Gasteiger partial charge in [0.2, 0.25) is 0 Å². The summed E-state index contributed by atoms with van der Waals surface area (Å²) < 4.78 is 2.21. The van der Waals surface area contributed by atoms with Gasteiger partial charge in [-0.2, -0.15) is 0 Å². The number of fused-ring (bicyclic) bond motifs is 8. The molecule has 0 N–H and O–H groups in total. The van der Waals surface area contributed by atoms with Crippen LogP contribution in [0.15, 0.2) is 67.3 Å². The molecule has 0 saturated heterocycles. The number of halogens is 1. The van der Waals surface area contributed by atoms with Gasteiger partial charge >= 0.3 is 0 Å². The van der Waals surface area contributed by atoms with Gasteiger partial charge in [0, 0.05) is 15.8 Å². The lowest BCUT2D eigenvalue weighted by Gasteiger charge is -2.10. The number of allylic oxidation sites excluding steroid dienone is 1. The predicted octanol–water partition coefficient (Wildman–Crippen LogP) is 4.82. The summed E-state index contributed by atoms with van der Waals surface area (Å²) in [5.74, 6) is 0. The predicted molar refractivity (Wildman–Crippen MR) is 112 cm³/mol. The molecule has 26 heavy (non-hydrogen) atoms. The standard InChI is InChI=1S/C23H15ClN2/c1-3-6-15-12-17-18-13-16(24)9-10-21(18)26-22-8-5-4-7-20(22)25-23(26)19(17)11-14(15)2/h3-13H,1-2H2/b15-6-. The second-order valence-corrected chi connectivity index (χ2v) is 6.86. The molecule has 0 saturated carbocycles. The lowest BCUT2D eigenvalue weighted by atomic mass is 10.0. The quantitative estimate of drug-likeness (QED) is 0.394. The van der Waals surface area contributed by atoms with Crippen molar-refractivity contribution in [3.05, 3.63) is 82.7 Å². The highest BCUT2D eigenvalue weighted by molar-refractivity contribution is 6.32. The fraction of sp³-hybridized carbons (Fsp3) is 0. The van der Waals surface area contributed by atoms with E-state index >= 15 is 0 Å². The lowest BCUT2D eigenvalue weighted by Crippen LogP contribution is -2.22. The molecule has 0 unspecified atom stereocenters. The third kappa shape index (κ3) is 2.03. The molecule has 0 amide bonds. The molecule has 5 aromatic rings. The van der Waals surface area contributed by atoms with Crippen LogP contribution in [-0.4, -0.2) is 9.38 Å². The lowest BCUT2D eigenvalue weighted by molar-refractivity contribution is 1.31. The molecule has 0 radical (unpaired) electrons. The molecule has 0 aliphatic rings. The van der Waals surface area contributed by atoms with Crippen molar-refractivity contribution in [1.82, 2.24) is 9.38 Å². The van der Waals surface area contributed by atoms with Gasteiger partial charge in [-0.25, -0.2) is 4.98 Å². The van der Waals surface area contributed by atoms with Gasteiger partial charge in [-0.05, 0) is 58.3 Å². The van der Waals surface area contributed by atoms with E-state index in [2.05, 4.69) is 41.8 Å². The molecular weight excluding hydrogens is 340 g/mol. The number of imidazole rings is 1. The zero-order valence-electron chi connectivity index (χ0n) is 14.0. The van der Waals surface area contributed by atoms with E-state index in [1.165, 1.54) is 0 Å². The van der Waals surface area contributed by atoms with Crippen LogP contribution in [0, 0.1) is 0 Å². The highest BCUT2D eigenvalue weighted by Gasteiger charge is 2.13. The van der Waals surface area contributed by atoms with Crippen molar-refractivity contribution < 1.29 is 0 Å². The van der Waals surface area contributed by atoms with Crippen molar-refractivity contribution in [2.45, 2.75) is 0 Å². The van der Waals surface area contributed by atoms with Gasteiger partial charge in [0.15, 0.2) is 0 Å². The van der Waals surface area contributed by atoms with Gasteiger partial charge in [0.05, 0.1) is 16.6 Å². The van der Waals surface area contributed by atoms with Crippen molar-refractivity contribution in [3.8, 4) is 0 Å². The summed E-state index contributed by atoms with van der Waals surface area (Å²) in [5.41, 5.74) is 4.09. The van der Waals surface area contributed by atoms with Gasteiger partial charge in [-0.3, -0.25) is 4.40 Å². The summed E-state index contributed by atoms with van der Waals surface area (Å²) in [7, 11) is 0. The Hall–Kier alpha value is -3.10. The van der Waals surface area contributed by atoms with Crippen LogP contribution in [0.5, 0.6) is 0 Å². The normalized spacial score (nSPS) is 12.6. The molecule has 0 atom stereocenters. The maximum Gasteiger partial charge on any atom is 0.146 e. The van der Waals surface area contributed by atoms with Crippen molar-refractivity contribution >= 4 is 62.6 Å². The van der Waals surface area contributed by atoms with Crippen LogP contribution in [0.2, 0.25) is 5.02 Å². The van der Waals surface area contributed by atoms with E-state index < -0.39 is 0 Å². The first kappa shape index (κ1) is 15.2. The van der Waals surface area contributed by atoms with Crippen LogP contribution in [0.3, 0.4) is 0 Å². The number of benzene rings is 3. The van der Waals surface area contributed by atoms with Gasteiger partial charge in [0.1, 0.15) is 5.65 Å². The number of aromatic nitrogens is 2. The third-order valence-electron chi connectivity index (χ3n) is 4.87. The molecule has 124 valence electrons. The van der Waals surface area contributed by atoms with E-state index in [0.29, 0.717) is 0 Å². The second kappa shape index (κ2) is 5.45. The number of para-hydroxylation sites is 2. The zero-order valence-corrected chi connectivity index (χ0v) is 14.8. The first-order valence-electron chi connectivity index (χ1n) is 8.41. The number of nitrogens with zero attached hydrogens (tertiary/aromatic N) is 2. The molecule has 0 bridgehead atoms. The molecule has 0 aliphatic carbocycles. The van der Waals surface area contributed by atoms with Gasteiger partial charge in [-0.1, -0.05) is 49.0 Å². The van der Waals surface area contributed by atoms with Crippen molar-refractivity contribution in [2.24, 2.45) is 0 Å². The Morgan fingerprint density at radius 2 is 1.77 bits per heavy atom. The zero-order chi connectivity index (χ0) is 17.8. The molecule has 0 aliphatic heterocycles.